The molecule has 1 aliphatic carbocycles. The molecule has 0 N–H and O–H groups in total. The van der Waals surface area contributed by atoms with Crippen molar-refractivity contribution in [3.05, 3.63) is 23.8 Å². The molecule has 0 amide bonds. The number of allylic oxidation sites excluding steroid dienone is 4. The third-order valence-electron chi connectivity index (χ3n) is 1.57. The molecule has 0 aromatic carbocycles. The predicted octanol–water partition coefficient (Wildman–Crippen LogP) is 2.86. The Bertz CT molecular complexity index is 134. The van der Waals surface area contributed by atoms with Crippen LogP contribution in [0.1, 0.15) is 32.6 Å². The Kier molecular flexibility index (Phi) is 5.86. The van der Waals surface area contributed by atoms with Crippen molar-refractivity contribution in [3.8, 4) is 0 Å². The van der Waals surface area contributed by atoms with Gasteiger partial charge in [-0.15, -0.1) is 6.42 Å². The summed E-state index contributed by atoms with van der Waals surface area (Å²) in [6.45, 7) is 2.22. The summed E-state index contributed by atoms with van der Waals surface area (Å²) >= 11 is 0. The first kappa shape index (κ1) is 10.1. The molecule has 0 unspecified atom stereocenters. The quantitative estimate of drug-likeness (QED) is 0.574. The van der Waals surface area contributed by atoms with Crippen molar-refractivity contribution in [2.24, 2.45) is 0 Å². The summed E-state index contributed by atoms with van der Waals surface area (Å²) in [5.74, 6) is 0. The molecule has 1 rings (SSSR count). The summed E-state index contributed by atoms with van der Waals surface area (Å²) in [7, 11) is 0. The Hall–Kier alpha value is 0.0644. The number of rotatable bonds is 3. The largest absolute Gasteiger partial charge is 0.269 e. The normalized spacial score (nSPS) is 14.7. The van der Waals surface area contributed by atoms with Crippen LogP contribution < -0.4 is 0 Å². The van der Waals surface area contributed by atoms with E-state index in [4.69, 9.17) is 0 Å². The van der Waals surface area contributed by atoms with Crippen LogP contribution in [-0.4, -0.2) is 0 Å². The molecule has 55 valence electrons. The predicted molar refractivity (Wildman–Crippen MR) is 40.0 cm³/mol. The fourth-order valence-electron chi connectivity index (χ4n) is 0.989. The second kappa shape index (κ2) is 5.82. The molecule has 1 heteroatoms. The van der Waals surface area contributed by atoms with E-state index < -0.39 is 0 Å². The molecule has 0 aromatic rings. The van der Waals surface area contributed by atoms with Crippen LogP contribution in [0.3, 0.4) is 0 Å². The zero-order valence-corrected chi connectivity index (χ0v) is 7.83. The van der Waals surface area contributed by atoms with Gasteiger partial charge < -0.3 is 0 Å². The molecule has 0 nitrogen and oxygen atoms in total. The van der Waals surface area contributed by atoms with Gasteiger partial charge in [-0.1, -0.05) is 26.2 Å². The Morgan fingerprint density at radius 2 is 2.40 bits per heavy atom. The Morgan fingerprint density at radius 1 is 1.60 bits per heavy atom. The van der Waals surface area contributed by atoms with Crippen LogP contribution >= 0.6 is 0 Å². The molecule has 10 heavy (non-hydrogen) atoms. The molecule has 0 spiro atoms. The van der Waals surface area contributed by atoms with Crippen molar-refractivity contribution < 1.29 is 18.6 Å². The minimum absolute atomic E-state index is 0. The molecule has 0 aromatic heterocycles. The zero-order chi connectivity index (χ0) is 6.53. The number of hydrogen-bond donors (Lipinski definition) is 0. The van der Waals surface area contributed by atoms with Gasteiger partial charge >= 0.3 is 0 Å². The maximum absolute atomic E-state index is 3.30. The summed E-state index contributed by atoms with van der Waals surface area (Å²) in [5, 5.41) is 0. The maximum atomic E-state index is 3.30. The van der Waals surface area contributed by atoms with Gasteiger partial charge in [-0.3, -0.25) is 6.08 Å². The average Bonchev–Trinajstić information content (AvgIpc) is 2.34. The first-order valence-corrected chi connectivity index (χ1v) is 3.69. The van der Waals surface area contributed by atoms with Crippen molar-refractivity contribution in [2.75, 3.05) is 0 Å². The smallest absolute Gasteiger partial charge is 0 e. The summed E-state index contributed by atoms with van der Waals surface area (Å²) in [4.78, 5) is 0. The first-order chi connectivity index (χ1) is 4.43. The number of hydrogen-bond acceptors (Lipinski definition) is 0. The molecule has 0 bridgehead atoms. The summed E-state index contributed by atoms with van der Waals surface area (Å²) in [6.07, 6.45) is 12.5. The van der Waals surface area contributed by atoms with E-state index in [2.05, 4.69) is 25.2 Å². The van der Waals surface area contributed by atoms with Crippen molar-refractivity contribution in [1.82, 2.24) is 0 Å². The second-order valence-electron chi connectivity index (χ2n) is 2.41. The molecule has 1 radical (unpaired) electrons. The van der Waals surface area contributed by atoms with E-state index in [-0.39, 0.29) is 18.6 Å². The van der Waals surface area contributed by atoms with Crippen LogP contribution in [0.15, 0.2) is 17.7 Å². The molecule has 0 saturated heterocycles. The van der Waals surface area contributed by atoms with Crippen LogP contribution in [0.4, 0.5) is 0 Å². The molecule has 0 fully saturated rings. The van der Waals surface area contributed by atoms with E-state index in [9.17, 15) is 0 Å². The van der Waals surface area contributed by atoms with Crippen LogP contribution in [-0.2, 0) is 18.6 Å². The van der Waals surface area contributed by atoms with Gasteiger partial charge in [0.1, 0.15) is 0 Å². The molecule has 0 heterocycles. The van der Waals surface area contributed by atoms with Crippen molar-refractivity contribution in [2.45, 2.75) is 32.6 Å². The fraction of sp³-hybridized carbons (Fsp3) is 0.556. The van der Waals surface area contributed by atoms with Gasteiger partial charge in [-0.05, 0) is 0 Å². The summed E-state index contributed by atoms with van der Waals surface area (Å²) in [5.41, 5.74) is 1.41. The SMILES string of the molecule is CCCCC1=[C-]CC=C1.[V]. The second-order valence-corrected chi connectivity index (χ2v) is 2.41. The molecule has 1 aliphatic rings. The Balaban J connectivity index is 0.000000810. The minimum atomic E-state index is 0. The molecule has 0 atom stereocenters. The summed E-state index contributed by atoms with van der Waals surface area (Å²) < 4.78 is 0. The molecule has 0 saturated carbocycles. The van der Waals surface area contributed by atoms with Crippen LogP contribution in [0.25, 0.3) is 0 Å². The monoisotopic (exact) mass is 172 g/mol. The first-order valence-electron chi connectivity index (χ1n) is 3.69. The van der Waals surface area contributed by atoms with Gasteiger partial charge in [0, 0.05) is 18.6 Å². The molecular formula is C9H13V-. The van der Waals surface area contributed by atoms with E-state index in [1.54, 1.807) is 0 Å². The van der Waals surface area contributed by atoms with Crippen LogP contribution in [0, 0.1) is 6.08 Å². The minimum Gasteiger partial charge on any atom is -0.269 e. The maximum Gasteiger partial charge on any atom is 0 e. The average molecular weight is 172 g/mol. The van der Waals surface area contributed by atoms with Crippen LogP contribution in [0.2, 0.25) is 0 Å². The van der Waals surface area contributed by atoms with E-state index in [0.29, 0.717) is 0 Å². The molecule has 0 aliphatic heterocycles. The van der Waals surface area contributed by atoms with Crippen molar-refractivity contribution in [3.63, 3.8) is 0 Å². The van der Waals surface area contributed by atoms with Crippen LogP contribution in [0.5, 0.6) is 0 Å². The van der Waals surface area contributed by atoms with Gasteiger partial charge in [-0.2, -0.15) is 6.08 Å². The van der Waals surface area contributed by atoms with E-state index in [1.807, 2.05) is 0 Å². The Morgan fingerprint density at radius 3 is 2.90 bits per heavy atom. The third-order valence-corrected chi connectivity index (χ3v) is 1.57. The zero-order valence-electron chi connectivity index (χ0n) is 6.43. The fourth-order valence-corrected chi connectivity index (χ4v) is 0.989. The van der Waals surface area contributed by atoms with E-state index in [0.717, 1.165) is 6.42 Å². The third kappa shape index (κ3) is 3.29. The van der Waals surface area contributed by atoms with Gasteiger partial charge in [0.15, 0.2) is 0 Å². The summed E-state index contributed by atoms with van der Waals surface area (Å²) in [6, 6.07) is 0. The Labute approximate surface area is 75.3 Å². The molecular weight excluding hydrogens is 159 g/mol. The van der Waals surface area contributed by atoms with Crippen molar-refractivity contribution in [1.29, 1.82) is 0 Å². The van der Waals surface area contributed by atoms with Gasteiger partial charge in [0.05, 0.1) is 0 Å². The van der Waals surface area contributed by atoms with E-state index in [1.165, 1.54) is 24.8 Å². The standard InChI is InChI=1S/C9H13.V/c1-2-3-6-9-7-4-5-8-9;/h4,7H,2-3,5-6H2,1H3;/q-1;. The van der Waals surface area contributed by atoms with Gasteiger partial charge in [-0.25, -0.2) is 11.6 Å². The number of unbranched alkanes of at least 4 members (excludes halogenated alkanes) is 1. The van der Waals surface area contributed by atoms with Crippen molar-refractivity contribution >= 4 is 0 Å². The topological polar surface area (TPSA) is 0 Å². The van der Waals surface area contributed by atoms with Gasteiger partial charge in [0.25, 0.3) is 0 Å². The van der Waals surface area contributed by atoms with Gasteiger partial charge in [0.2, 0.25) is 0 Å². The van der Waals surface area contributed by atoms with E-state index >= 15 is 0 Å².